The molecule has 1 aliphatic heterocycles. The van der Waals surface area contributed by atoms with Crippen LogP contribution in [-0.4, -0.2) is 50.2 Å². The van der Waals surface area contributed by atoms with Crippen LogP contribution in [0.15, 0.2) is 28.7 Å². The molecule has 1 aromatic carbocycles. The number of carbonyl (C=O) groups is 1. The Balaban J connectivity index is 1.99. The molecule has 0 spiro atoms. The van der Waals surface area contributed by atoms with Gasteiger partial charge in [-0.1, -0.05) is 28.1 Å². The normalized spacial score (nSPS) is 19.8. The highest BCUT2D eigenvalue weighted by Crippen LogP contribution is 2.13. The Kier molecular flexibility index (Phi) is 4.76. The topological polar surface area (TPSA) is 54.5 Å². The minimum atomic E-state index is -2.92. The average Bonchev–Trinajstić information content (AvgIpc) is 2.51. The molecule has 19 heavy (non-hydrogen) atoms. The van der Waals surface area contributed by atoms with Crippen molar-refractivity contribution in [1.82, 2.24) is 4.90 Å². The monoisotopic (exact) mass is 345 g/mol. The summed E-state index contributed by atoms with van der Waals surface area (Å²) in [6, 6.07) is 7.26. The van der Waals surface area contributed by atoms with Crippen LogP contribution in [0.25, 0.3) is 0 Å². The summed E-state index contributed by atoms with van der Waals surface area (Å²) < 4.78 is 23.9. The largest absolute Gasteiger partial charge is 0.295 e. The number of carbonyl (C=O) groups excluding carboxylic acids is 1. The maximum atomic E-state index is 12.1. The quantitative estimate of drug-likeness (QED) is 0.783. The molecular formula is C13H16BrNO3S. The van der Waals surface area contributed by atoms with Gasteiger partial charge in [0.25, 0.3) is 0 Å². The van der Waals surface area contributed by atoms with Gasteiger partial charge in [0.15, 0.2) is 15.6 Å². The summed E-state index contributed by atoms with van der Waals surface area (Å²) >= 11 is 3.34. The number of ketones is 1. The summed E-state index contributed by atoms with van der Waals surface area (Å²) in [5.41, 5.74) is 0.654. The van der Waals surface area contributed by atoms with Crippen LogP contribution >= 0.6 is 15.9 Å². The van der Waals surface area contributed by atoms with Crippen molar-refractivity contribution < 1.29 is 13.2 Å². The van der Waals surface area contributed by atoms with Crippen LogP contribution in [0.3, 0.4) is 0 Å². The number of hydrogen-bond acceptors (Lipinski definition) is 4. The zero-order chi connectivity index (χ0) is 13.9. The Morgan fingerprint density at radius 1 is 1.26 bits per heavy atom. The van der Waals surface area contributed by atoms with Crippen LogP contribution in [0, 0.1) is 0 Å². The lowest BCUT2D eigenvalue weighted by atomic mass is 10.1. The number of Topliss-reactive ketones (excluding diaryl/α,β-unsaturated/α-hetero) is 1. The Hall–Kier alpha value is -0.720. The molecule has 0 aliphatic carbocycles. The molecule has 0 amide bonds. The van der Waals surface area contributed by atoms with Crippen molar-refractivity contribution >= 4 is 31.6 Å². The Morgan fingerprint density at radius 3 is 2.79 bits per heavy atom. The average molecular weight is 346 g/mol. The fraction of sp³-hybridized carbons (Fsp3) is 0.462. The van der Waals surface area contributed by atoms with E-state index in [1.54, 1.807) is 12.1 Å². The maximum Gasteiger partial charge on any atom is 0.176 e. The van der Waals surface area contributed by atoms with Crippen molar-refractivity contribution in [2.45, 2.75) is 6.42 Å². The second-order valence-corrected chi connectivity index (χ2v) is 7.93. The molecule has 6 heteroatoms. The number of nitrogens with zero attached hydrogens (tertiary/aromatic N) is 1. The molecule has 1 saturated heterocycles. The van der Waals surface area contributed by atoms with Gasteiger partial charge in [0.05, 0.1) is 18.1 Å². The molecule has 0 unspecified atom stereocenters. The van der Waals surface area contributed by atoms with Gasteiger partial charge in [0.2, 0.25) is 0 Å². The van der Waals surface area contributed by atoms with Gasteiger partial charge in [-0.2, -0.15) is 0 Å². The van der Waals surface area contributed by atoms with E-state index in [2.05, 4.69) is 15.9 Å². The first-order valence-electron chi connectivity index (χ1n) is 6.18. The van der Waals surface area contributed by atoms with Crippen LogP contribution < -0.4 is 0 Å². The van der Waals surface area contributed by atoms with E-state index in [-0.39, 0.29) is 23.8 Å². The molecule has 0 radical (unpaired) electrons. The van der Waals surface area contributed by atoms with Gasteiger partial charge >= 0.3 is 0 Å². The lowest BCUT2D eigenvalue weighted by molar-refractivity contribution is 0.0935. The molecule has 0 N–H and O–H groups in total. The number of rotatable bonds is 3. The first kappa shape index (κ1) is 14.7. The Labute approximate surface area is 121 Å². The summed E-state index contributed by atoms with van der Waals surface area (Å²) in [6.07, 6.45) is 0.605. The van der Waals surface area contributed by atoms with E-state index >= 15 is 0 Å². The maximum absolute atomic E-state index is 12.1. The first-order valence-corrected chi connectivity index (χ1v) is 8.79. The summed E-state index contributed by atoms with van der Waals surface area (Å²) in [6.45, 7) is 1.40. The highest BCUT2D eigenvalue weighted by Gasteiger charge is 2.21. The molecule has 1 heterocycles. The van der Waals surface area contributed by atoms with Gasteiger partial charge in [-0.05, 0) is 25.1 Å². The lowest BCUT2D eigenvalue weighted by Gasteiger charge is -2.18. The SMILES string of the molecule is O=C(CN1CCCS(=O)(=O)CC1)c1cccc(Br)c1. The van der Waals surface area contributed by atoms with E-state index in [1.807, 2.05) is 17.0 Å². The smallest absolute Gasteiger partial charge is 0.176 e. The second kappa shape index (κ2) is 6.15. The number of sulfone groups is 1. The van der Waals surface area contributed by atoms with Crippen LogP contribution in [-0.2, 0) is 9.84 Å². The van der Waals surface area contributed by atoms with Crippen molar-refractivity contribution in [3.8, 4) is 0 Å². The fourth-order valence-corrected chi connectivity index (χ4v) is 3.81. The van der Waals surface area contributed by atoms with Crippen molar-refractivity contribution in [2.75, 3.05) is 31.1 Å². The molecule has 1 fully saturated rings. The third-order valence-electron chi connectivity index (χ3n) is 3.16. The highest BCUT2D eigenvalue weighted by atomic mass is 79.9. The van der Waals surface area contributed by atoms with E-state index in [1.165, 1.54) is 0 Å². The van der Waals surface area contributed by atoms with Crippen molar-refractivity contribution in [3.63, 3.8) is 0 Å². The van der Waals surface area contributed by atoms with E-state index in [0.29, 0.717) is 25.1 Å². The molecule has 0 atom stereocenters. The minimum Gasteiger partial charge on any atom is -0.295 e. The lowest BCUT2D eigenvalue weighted by Crippen LogP contribution is -2.32. The molecule has 0 bridgehead atoms. The van der Waals surface area contributed by atoms with Gasteiger partial charge in [-0.25, -0.2) is 8.42 Å². The van der Waals surface area contributed by atoms with Crippen molar-refractivity contribution in [1.29, 1.82) is 0 Å². The van der Waals surface area contributed by atoms with Crippen LogP contribution in [0.4, 0.5) is 0 Å². The minimum absolute atomic E-state index is 0.0283. The van der Waals surface area contributed by atoms with Gasteiger partial charge < -0.3 is 0 Å². The number of halogens is 1. The molecule has 4 nitrogen and oxygen atoms in total. The van der Waals surface area contributed by atoms with Gasteiger partial charge in [0.1, 0.15) is 0 Å². The standard InChI is InChI=1S/C13H16BrNO3S/c14-12-4-1-3-11(9-12)13(16)10-15-5-2-7-19(17,18)8-6-15/h1,3-4,9H,2,5-8,10H2. The zero-order valence-corrected chi connectivity index (χ0v) is 12.9. The number of hydrogen-bond donors (Lipinski definition) is 0. The summed E-state index contributed by atoms with van der Waals surface area (Å²) in [7, 11) is -2.92. The third-order valence-corrected chi connectivity index (χ3v) is 5.37. The van der Waals surface area contributed by atoms with Crippen molar-refractivity contribution in [2.24, 2.45) is 0 Å². The summed E-state index contributed by atoms with van der Waals surface area (Å²) in [4.78, 5) is 14.1. The van der Waals surface area contributed by atoms with E-state index < -0.39 is 9.84 Å². The number of benzene rings is 1. The van der Waals surface area contributed by atoms with E-state index in [4.69, 9.17) is 0 Å². The third kappa shape index (κ3) is 4.40. The molecule has 2 rings (SSSR count). The van der Waals surface area contributed by atoms with Gasteiger partial charge in [0, 0.05) is 16.6 Å². The zero-order valence-electron chi connectivity index (χ0n) is 10.5. The molecule has 0 aromatic heterocycles. The van der Waals surface area contributed by atoms with E-state index in [9.17, 15) is 13.2 Å². The van der Waals surface area contributed by atoms with Crippen LogP contribution in [0.2, 0.25) is 0 Å². The first-order chi connectivity index (χ1) is 8.96. The predicted molar refractivity (Wildman–Crippen MR) is 78.2 cm³/mol. The Bertz CT molecular complexity index is 571. The molecule has 104 valence electrons. The molecule has 1 aromatic rings. The van der Waals surface area contributed by atoms with Gasteiger partial charge in [-0.15, -0.1) is 0 Å². The molecule has 0 saturated carbocycles. The Morgan fingerprint density at radius 2 is 2.05 bits per heavy atom. The van der Waals surface area contributed by atoms with E-state index in [0.717, 1.165) is 4.47 Å². The van der Waals surface area contributed by atoms with Crippen molar-refractivity contribution in [3.05, 3.63) is 34.3 Å². The summed E-state index contributed by atoms with van der Waals surface area (Å²) in [5, 5.41) is 0. The predicted octanol–water partition coefficient (Wildman–Crippen LogP) is 1.75. The van der Waals surface area contributed by atoms with Crippen LogP contribution in [0.5, 0.6) is 0 Å². The summed E-state index contributed by atoms with van der Waals surface area (Å²) in [5.74, 6) is 0.411. The molecule has 1 aliphatic rings. The van der Waals surface area contributed by atoms with Crippen LogP contribution in [0.1, 0.15) is 16.8 Å². The highest BCUT2D eigenvalue weighted by molar-refractivity contribution is 9.10. The second-order valence-electron chi connectivity index (χ2n) is 4.72. The molecular weight excluding hydrogens is 330 g/mol. The fourth-order valence-electron chi connectivity index (χ4n) is 2.10. The van der Waals surface area contributed by atoms with Gasteiger partial charge in [-0.3, -0.25) is 9.69 Å².